The quantitative estimate of drug-likeness (QED) is 0.106. The van der Waals surface area contributed by atoms with E-state index in [-0.39, 0.29) is 11.1 Å². The predicted octanol–water partition coefficient (Wildman–Crippen LogP) is 21.2. The molecule has 0 amide bonds. The summed E-state index contributed by atoms with van der Waals surface area (Å²) in [4.78, 5) is 5.52. The smallest absolute Gasteiger partial charge is 0.0962 e. The average molecular weight is 1050 g/mol. The van der Waals surface area contributed by atoms with Crippen molar-refractivity contribution in [3.05, 3.63) is 298 Å². The van der Waals surface area contributed by atoms with Gasteiger partial charge in [0.25, 0.3) is 0 Å². The van der Waals surface area contributed by atoms with Crippen molar-refractivity contribution in [3.8, 4) is 11.1 Å². The molecule has 0 aliphatic heterocycles. The molecule has 14 aromatic carbocycles. The number of benzene rings is 14. The van der Waals surface area contributed by atoms with Gasteiger partial charge < -0.3 is 9.80 Å². The second-order valence-corrected chi connectivity index (χ2v) is 24.2. The van der Waals surface area contributed by atoms with Gasteiger partial charge in [0.05, 0.1) is 27.9 Å². The first-order valence-corrected chi connectivity index (χ1v) is 29.9. The molecule has 0 fully saturated rings. The normalized spacial score (nSPS) is 17.2. The van der Waals surface area contributed by atoms with Crippen LogP contribution in [0.3, 0.4) is 0 Å². The van der Waals surface area contributed by atoms with E-state index in [0.29, 0.717) is 0 Å². The summed E-state index contributed by atoms with van der Waals surface area (Å²) in [6.45, 7) is 9.19. The summed E-state index contributed by atoms with van der Waals surface area (Å²) in [6.07, 6.45) is 5.21. The molecule has 14 aromatic rings. The maximum atomic E-state index is 2.77. The van der Waals surface area contributed by atoms with Crippen LogP contribution in [0.15, 0.2) is 243 Å². The maximum absolute atomic E-state index is 2.77. The van der Waals surface area contributed by atoms with Gasteiger partial charge in [-0.05, 0) is 185 Å². The third-order valence-corrected chi connectivity index (χ3v) is 19.8. The highest BCUT2D eigenvalue weighted by Crippen LogP contribution is 2.69. The van der Waals surface area contributed by atoms with Gasteiger partial charge >= 0.3 is 0 Å². The Bertz CT molecular complexity index is 4810. The molecule has 0 N–H and O–H groups in total. The second kappa shape index (κ2) is 17.4. The Balaban J connectivity index is 0.935. The number of hydrogen-bond acceptors (Lipinski definition) is 2. The largest absolute Gasteiger partial charge is 0.326 e. The first kappa shape index (κ1) is 47.6. The molecule has 3 aliphatic rings. The fraction of sp³-hybridized carbons (Fsp3) is 0.150. The summed E-state index contributed by atoms with van der Waals surface area (Å²) in [5.41, 5.74) is 19.9. The Labute approximate surface area is 480 Å². The molecule has 2 atom stereocenters. The molecule has 82 heavy (non-hydrogen) atoms. The summed E-state index contributed by atoms with van der Waals surface area (Å²) in [5, 5.41) is 15.7. The molecule has 0 saturated heterocycles. The van der Waals surface area contributed by atoms with Gasteiger partial charge in [0, 0.05) is 22.1 Å². The van der Waals surface area contributed by atoms with Crippen LogP contribution >= 0.6 is 0 Å². The first-order valence-electron chi connectivity index (χ1n) is 29.9. The van der Waals surface area contributed by atoms with E-state index in [4.69, 9.17) is 0 Å². The molecule has 0 heterocycles. The lowest BCUT2D eigenvalue weighted by Crippen LogP contribution is -2.33. The third kappa shape index (κ3) is 6.30. The van der Waals surface area contributed by atoms with Gasteiger partial charge in [-0.1, -0.05) is 238 Å². The van der Waals surface area contributed by atoms with Gasteiger partial charge in [-0.2, -0.15) is 0 Å². The topological polar surface area (TPSA) is 6.48 Å². The average Bonchev–Trinajstić information content (AvgIpc) is 1.72. The zero-order valence-corrected chi connectivity index (χ0v) is 47.0. The SMILES string of the molecule is CCCCC1(N(c2ccccc2)c2ccc3ccc4cccc5ccc2c3c45)c2cc3c(cc21)C(c1ccc(C)cc1)(c1ccc(C)cc1)c1cc2c(cc1-3)C2(CCC)N(c1ccccc1)c1ccc2ccc3cccc4ccc1c2c34. The van der Waals surface area contributed by atoms with Crippen molar-refractivity contribution in [1.82, 2.24) is 0 Å². The summed E-state index contributed by atoms with van der Waals surface area (Å²) >= 11 is 0. The molecule has 0 spiro atoms. The van der Waals surface area contributed by atoms with Crippen molar-refractivity contribution >= 4 is 87.4 Å². The van der Waals surface area contributed by atoms with Gasteiger partial charge in [-0.25, -0.2) is 0 Å². The van der Waals surface area contributed by atoms with E-state index >= 15 is 0 Å². The van der Waals surface area contributed by atoms with Crippen LogP contribution in [0.25, 0.3) is 75.8 Å². The van der Waals surface area contributed by atoms with E-state index in [2.05, 4.69) is 280 Å². The van der Waals surface area contributed by atoms with E-state index < -0.39 is 5.41 Å². The second-order valence-electron chi connectivity index (χ2n) is 24.2. The summed E-state index contributed by atoms with van der Waals surface area (Å²) in [7, 11) is 0. The van der Waals surface area contributed by atoms with E-state index in [0.717, 1.165) is 32.1 Å². The van der Waals surface area contributed by atoms with Crippen molar-refractivity contribution < 1.29 is 0 Å². The lowest BCUT2D eigenvalue weighted by Gasteiger charge is -2.37. The van der Waals surface area contributed by atoms with Crippen LogP contribution in [-0.4, -0.2) is 0 Å². The summed E-state index contributed by atoms with van der Waals surface area (Å²) in [5.74, 6) is 0. The number of nitrogens with zero attached hydrogens (tertiary/aromatic N) is 2. The highest BCUT2D eigenvalue weighted by atomic mass is 15.3. The zero-order valence-electron chi connectivity index (χ0n) is 47.0. The number of rotatable bonds is 13. The zero-order chi connectivity index (χ0) is 54.6. The highest BCUT2D eigenvalue weighted by Gasteiger charge is 2.61. The maximum Gasteiger partial charge on any atom is 0.0962 e. The van der Waals surface area contributed by atoms with Crippen molar-refractivity contribution in [2.75, 3.05) is 9.80 Å². The Morgan fingerprint density at radius 2 is 0.695 bits per heavy atom. The van der Waals surface area contributed by atoms with Crippen LogP contribution in [0.4, 0.5) is 22.7 Å². The lowest BCUT2D eigenvalue weighted by atomic mass is 9.67. The summed E-state index contributed by atoms with van der Waals surface area (Å²) in [6, 6.07) is 94.4. The van der Waals surface area contributed by atoms with Gasteiger partial charge in [0.1, 0.15) is 0 Å². The molecule has 17 rings (SSSR count). The van der Waals surface area contributed by atoms with Crippen LogP contribution in [-0.2, 0) is 16.5 Å². The monoisotopic (exact) mass is 1050 g/mol. The van der Waals surface area contributed by atoms with Gasteiger partial charge in [-0.3, -0.25) is 0 Å². The van der Waals surface area contributed by atoms with Crippen molar-refractivity contribution in [2.45, 2.75) is 76.3 Å². The third-order valence-electron chi connectivity index (χ3n) is 19.8. The molecular weight excluding hydrogens is 989 g/mol. The Morgan fingerprint density at radius 1 is 0.317 bits per heavy atom. The Kier molecular flexibility index (Phi) is 10.1. The van der Waals surface area contributed by atoms with Gasteiger partial charge in [-0.15, -0.1) is 0 Å². The first-order chi connectivity index (χ1) is 40.4. The minimum atomic E-state index is -0.606. The molecule has 2 heteroatoms. The lowest BCUT2D eigenvalue weighted by molar-refractivity contribution is 0.542. The van der Waals surface area contributed by atoms with Crippen molar-refractivity contribution in [3.63, 3.8) is 0 Å². The van der Waals surface area contributed by atoms with Crippen LogP contribution in [0.2, 0.25) is 0 Å². The molecule has 0 aromatic heterocycles. The number of fused-ring (bicyclic) bond motifs is 5. The minimum absolute atomic E-state index is 0.384. The van der Waals surface area contributed by atoms with Crippen molar-refractivity contribution in [1.29, 1.82) is 0 Å². The molecule has 0 radical (unpaired) electrons. The molecule has 3 aliphatic carbocycles. The Morgan fingerprint density at radius 3 is 1.11 bits per heavy atom. The molecule has 0 saturated carbocycles. The highest BCUT2D eigenvalue weighted by molar-refractivity contribution is 6.27. The number of unbranched alkanes of at least 4 members (excludes halogenated alkanes) is 1. The van der Waals surface area contributed by atoms with Gasteiger partial charge in [0.15, 0.2) is 0 Å². The molecule has 392 valence electrons. The molecule has 2 unspecified atom stereocenters. The minimum Gasteiger partial charge on any atom is -0.326 e. The molecule has 2 nitrogen and oxygen atoms in total. The van der Waals surface area contributed by atoms with E-state index in [9.17, 15) is 0 Å². The number of para-hydroxylation sites is 2. The van der Waals surface area contributed by atoms with Crippen LogP contribution < -0.4 is 9.80 Å². The van der Waals surface area contributed by atoms with Crippen LogP contribution in [0.1, 0.15) is 102 Å². The number of anilines is 4. The standard InChI is InChI=1S/C80H62N2/c1-5-7-45-79(82(61-22-12-9-13-23-61)73-43-35-57-31-29-53-17-15-19-55-33-41-63(73)77(57)75(53)55)69-47-65-64-46-68-70(48-66(64)80(67(65)49-71(69)79,58-36-24-50(3)25-37-58)59-38-26-51(4)27-39-59)78(68,44-6-2)81(60-20-10-8-11-21-60)72-42-34-56-30-28-52-16-14-18-54-32-40-62(72)76(56)74(52)54/h8-43,46-49H,5-7,44-45H2,1-4H3. The fourth-order valence-electron chi connectivity index (χ4n) is 16.1. The number of hydrogen-bond donors (Lipinski definition) is 0. The molecular formula is C80H62N2. The number of aryl methyl sites for hydroxylation is 2. The fourth-order valence-corrected chi connectivity index (χ4v) is 16.1. The predicted molar refractivity (Wildman–Crippen MR) is 347 cm³/mol. The van der Waals surface area contributed by atoms with E-state index in [1.807, 2.05) is 0 Å². The van der Waals surface area contributed by atoms with E-state index in [1.54, 1.807) is 0 Å². The van der Waals surface area contributed by atoms with Crippen LogP contribution in [0, 0.1) is 13.8 Å². The van der Waals surface area contributed by atoms with Crippen molar-refractivity contribution in [2.24, 2.45) is 0 Å². The van der Waals surface area contributed by atoms with E-state index in [1.165, 1.54) is 154 Å². The molecule has 0 bridgehead atoms. The summed E-state index contributed by atoms with van der Waals surface area (Å²) < 4.78 is 0. The Hall–Kier alpha value is -9.24. The van der Waals surface area contributed by atoms with Crippen LogP contribution in [0.5, 0.6) is 0 Å². The van der Waals surface area contributed by atoms with Gasteiger partial charge in [0.2, 0.25) is 0 Å².